The molecule has 2 amide bonds. The first kappa shape index (κ1) is 26.5. The average molecular weight is 491 g/mol. The molecule has 2 heterocycles. The Balaban J connectivity index is 1.90. The van der Waals surface area contributed by atoms with E-state index in [9.17, 15) is 23.5 Å². The van der Waals surface area contributed by atoms with Crippen molar-refractivity contribution in [2.75, 3.05) is 31.5 Å². The number of benzene rings is 1. The number of carbonyl (C=O) groups excluding carboxylic acids is 2. The number of halogens is 2. The van der Waals surface area contributed by atoms with Crippen LogP contribution < -0.4 is 15.4 Å². The van der Waals surface area contributed by atoms with Gasteiger partial charge in [-0.05, 0) is 43.0 Å². The summed E-state index contributed by atoms with van der Waals surface area (Å²) in [6, 6.07) is 10.6. The van der Waals surface area contributed by atoms with E-state index in [1.54, 1.807) is 24.8 Å². The number of hydrogen-bond acceptors (Lipinski definition) is 6. The van der Waals surface area contributed by atoms with Crippen LogP contribution in [-0.4, -0.2) is 65.7 Å². The van der Waals surface area contributed by atoms with Gasteiger partial charge < -0.3 is 25.4 Å². The molecule has 2 aromatic rings. The fourth-order valence-corrected chi connectivity index (χ4v) is 4.20. The Labute approximate surface area is 203 Å². The van der Waals surface area contributed by atoms with E-state index in [4.69, 9.17) is 0 Å². The quantitative estimate of drug-likeness (QED) is 0.473. The van der Waals surface area contributed by atoms with Crippen LogP contribution in [0.5, 0.6) is 5.88 Å². The number of aliphatic hydroxyl groups excluding tert-OH is 1. The van der Waals surface area contributed by atoms with E-state index in [1.165, 1.54) is 6.07 Å². The number of hydrogen-bond donors (Lipinski definition) is 3. The van der Waals surface area contributed by atoms with Crippen molar-refractivity contribution in [3.05, 3.63) is 53.2 Å². The number of ether oxygens (including phenoxy) is 1. The maximum Gasteiger partial charge on any atom is 0.388 e. The molecule has 1 saturated heterocycles. The van der Waals surface area contributed by atoms with Gasteiger partial charge in [0.05, 0.1) is 12.6 Å². The van der Waals surface area contributed by atoms with E-state index in [-0.39, 0.29) is 49.6 Å². The van der Waals surface area contributed by atoms with Crippen molar-refractivity contribution in [3.8, 4) is 5.88 Å². The fraction of sp³-hybridized carbons (Fsp3) is 0.480. The monoisotopic (exact) mass is 490 g/mol. The van der Waals surface area contributed by atoms with Crippen molar-refractivity contribution >= 4 is 17.5 Å². The van der Waals surface area contributed by atoms with Gasteiger partial charge in [0.15, 0.2) is 0 Å². The molecule has 8 nitrogen and oxygen atoms in total. The number of carbonyl (C=O) groups is 2. The lowest BCUT2D eigenvalue weighted by atomic mass is 9.69. The first-order valence-electron chi connectivity index (χ1n) is 11.5. The van der Waals surface area contributed by atoms with Gasteiger partial charge in [0.2, 0.25) is 17.7 Å². The molecular weight excluding hydrogens is 458 g/mol. The molecule has 1 fully saturated rings. The molecule has 35 heavy (non-hydrogen) atoms. The van der Waals surface area contributed by atoms with Crippen LogP contribution in [0.3, 0.4) is 0 Å². The number of anilines is 1. The standard InChI is InChI=1S/C25H32F2N4O4/c1-15(2)18-7-5-6-8-19(18)25(13-31(14-25)21(33)12-28-11-17(4)32)23(34)30-20-10-9-16(3)29-22(20)35-24(26)27/h5-10,15,17,24,28,32H,11-14H2,1-4H3,(H,30,34). The smallest absolute Gasteiger partial charge is 0.388 e. The SMILES string of the molecule is Cc1ccc(NC(=O)C2(c3ccccc3C(C)C)CN(C(=O)CNCC(C)O)C2)c(OC(F)F)n1. The normalized spacial score (nSPS) is 15.6. The number of alkyl halides is 2. The zero-order chi connectivity index (χ0) is 25.8. The fourth-order valence-electron chi connectivity index (χ4n) is 4.20. The topological polar surface area (TPSA) is 104 Å². The molecule has 1 aliphatic heterocycles. The highest BCUT2D eigenvalue weighted by Crippen LogP contribution is 2.40. The maximum atomic E-state index is 13.7. The van der Waals surface area contributed by atoms with E-state index in [0.717, 1.165) is 11.1 Å². The van der Waals surface area contributed by atoms with Crippen molar-refractivity contribution in [1.82, 2.24) is 15.2 Å². The van der Waals surface area contributed by atoms with Crippen molar-refractivity contribution in [3.63, 3.8) is 0 Å². The molecule has 1 aromatic carbocycles. The van der Waals surface area contributed by atoms with Gasteiger partial charge in [0, 0.05) is 25.3 Å². The summed E-state index contributed by atoms with van der Waals surface area (Å²) in [4.78, 5) is 31.9. The number of rotatable bonds is 10. The van der Waals surface area contributed by atoms with Crippen molar-refractivity contribution in [1.29, 1.82) is 0 Å². The summed E-state index contributed by atoms with van der Waals surface area (Å²) in [5.74, 6) is -0.881. The molecule has 0 saturated carbocycles. The van der Waals surface area contributed by atoms with E-state index in [1.807, 2.05) is 38.1 Å². The highest BCUT2D eigenvalue weighted by molar-refractivity contribution is 6.02. The highest BCUT2D eigenvalue weighted by atomic mass is 19.3. The molecule has 1 unspecified atom stereocenters. The number of likely N-dealkylation sites (tertiary alicyclic amines) is 1. The second-order valence-electron chi connectivity index (χ2n) is 9.19. The zero-order valence-electron chi connectivity index (χ0n) is 20.3. The second-order valence-corrected chi connectivity index (χ2v) is 9.19. The minimum atomic E-state index is -3.10. The molecule has 3 N–H and O–H groups in total. The predicted octanol–water partition coefficient (Wildman–Crippen LogP) is 2.80. The van der Waals surface area contributed by atoms with Gasteiger partial charge in [-0.15, -0.1) is 0 Å². The van der Waals surface area contributed by atoms with Crippen molar-refractivity contribution in [2.24, 2.45) is 0 Å². The van der Waals surface area contributed by atoms with Gasteiger partial charge in [-0.25, -0.2) is 4.98 Å². The number of aliphatic hydroxyl groups is 1. The van der Waals surface area contributed by atoms with Crippen LogP contribution >= 0.6 is 0 Å². The summed E-state index contributed by atoms with van der Waals surface area (Å²) < 4.78 is 30.4. The Morgan fingerprint density at radius 1 is 1.17 bits per heavy atom. The molecule has 3 rings (SSSR count). The largest absolute Gasteiger partial charge is 0.415 e. The zero-order valence-corrected chi connectivity index (χ0v) is 20.3. The Hall–Kier alpha value is -3.11. The Morgan fingerprint density at radius 2 is 1.86 bits per heavy atom. The third kappa shape index (κ3) is 6.12. The van der Waals surface area contributed by atoms with Crippen molar-refractivity contribution < 1.29 is 28.2 Å². The van der Waals surface area contributed by atoms with Crippen LogP contribution in [0.25, 0.3) is 0 Å². The molecule has 0 spiro atoms. The Bertz CT molecular complexity index is 1060. The summed E-state index contributed by atoms with van der Waals surface area (Å²) in [5, 5.41) is 15.0. The highest BCUT2D eigenvalue weighted by Gasteiger charge is 2.53. The van der Waals surface area contributed by atoms with E-state index in [0.29, 0.717) is 5.69 Å². The third-order valence-corrected chi connectivity index (χ3v) is 5.97. The molecule has 10 heteroatoms. The van der Waals surface area contributed by atoms with E-state index < -0.39 is 24.0 Å². The molecule has 1 atom stereocenters. The van der Waals surface area contributed by atoms with E-state index in [2.05, 4.69) is 20.4 Å². The Morgan fingerprint density at radius 3 is 2.49 bits per heavy atom. The lowest BCUT2D eigenvalue weighted by Gasteiger charge is -2.50. The number of nitrogens with one attached hydrogen (secondary N) is 2. The summed E-state index contributed by atoms with van der Waals surface area (Å²) in [6.45, 7) is 4.74. The number of nitrogens with zero attached hydrogens (tertiary/aromatic N) is 2. The van der Waals surface area contributed by atoms with Crippen LogP contribution in [-0.2, 0) is 15.0 Å². The molecule has 1 aromatic heterocycles. The van der Waals surface area contributed by atoms with Gasteiger partial charge in [0.25, 0.3) is 0 Å². The Kier molecular flexibility index (Phi) is 8.39. The predicted molar refractivity (Wildman–Crippen MR) is 128 cm³/mol. The van der Waals surface area contributed by atoms with Crippen LogP contribution in [0.4, 0.5) is 14.5 Å². The molecule has 0 radical (unpaired) electrons. The van der Waals surface area contributed by atoms with Crippen molar-refractivity contribution in [2.45, 2.75) is 51.7 Å². The number of aryl methyl sites for hydroxylation is 1. The van der Waals surface area contributed by atoms with Crippen LogP contribution in [0.2, 0.25) is 0 Å². The summed E-state index contributed by atoms with van der Waals surface area (Å²) >= 11 is 0. The van der Waals surface area contributed by atoms with Crippen LogP contribution in [0.15, 0.2) is 36.4 Å². The summed E-state index contributed by atoms with van der Waals surface area (Å²) in [5.41, 5.74) is 1.17. The average Bonchev–Trinajstić information content (AvgIpc) is 2.74. The lowest BCUT2D eigenvalue weighted by Crippen LogP contribution is -2.67. The molecular formula is C25H32F2N4O4. The summed E-state index contributed by atoms with van der Waals surface area (Å²) in [7, 11) is 0. The molecule has 1 aliphatic rings. The van der Waals surface area contributed by atoms with Crippen LogP contribution in [0, 0.1) is 6.92 Å². The number of amides is 2. The van der Waals surface area contributed by atoms with E-state index >= 15 is 0 Å². The summed E-state index contributed by atoms with van der Waals surface area (Å²) in [6.07, 6.45) is -0.588. The molecule has 190 valence electrons. The minimum Gasteiger partial charge on any atom is -0.415 e. The minimum absolute atomic E-state index is 0.0304. The maximum absolute atomic E-state index is 13.7. The third-order valence-electron chi connectivity index (χ3n) is 5.97. The first-order valence-corrected chi connectivity index (χ1v) is 11.5. The van der Waals surface area contributed by atoms with Gasteiger partial charge in [-0.2, -0.15) is 8.78 Å². The van der Waals surface area contributed by atoms with Gasteiger partial charge in [-0.3, -0.25) is 9.59 Å². The number of pyridine rings is 1. The number of aromatic nitrogens is 1. The molecule has 0 bridgehead atoms. The molecule has 0 aliphatic carbocycles. The van der Waals surface area contributed by atoms with Crippen LogP contribution in [0.1, 0.15) is 43.5 Å². The second kappa shape index (κ2) is 11.1. The van der Waals surface area contributed by atoms with Gasteiger partial charge in [0.1, 0.15) is 11.1 Å². The van der Waals surface area contributed by atoms with Gasteiger partial charge >= 0.3 is 6.61 Å². The first-order chi connectivity index (χ1) is 16.5. The lowest BCUT2D eigenvalue weighted by molar-refractivity contribution is -0.143. The van der Waals surface area contributed by atoms with Gasteiger partial charge in [-0.1, -0.05) is 38.1 Å².